The lowest BCUT2D eigenvalue weighted by atomic mass is 10.2. The maximum absolute atomic E-state index is 12.5. The lowest BCUT2D eigenvalue weighted by Crippen LogP contribution is -2.34. The Morgan fingerprint density at radius 2 is 1.92 bits per heavy atom. The highest BCUT2D eigenvalue weighted by molar-refractivity contribution is 7.98. The van der Waals surface area contributed by atoms with Gasteiger partial charge in [-0.3, -0.25) is 0 Å². The number of ether oxygens (including phenoxy) is 2. The molecule has 5 nitrogen and oxygen atoms in total. The van der Waals surface area contributed by atoms with E-state index >= 15 is 0 Å². The molecule has 0 aromatic heterocycles. The van der Waals surface area contributed by atoms with Crippen molar-refractivity contribution in [2.45, 2.75) is 18.4 Å². The molecular weight excluding hydrogens is 324 g/mol. The second-order valence-corrected chi connectivity index (χ2v) is 6.24. The predicted octanol–water partition coefficient (Wildman–Crippen LogP) is 4.19. The Labute approximate surface area is 145 Å². The molecule has 2 aromatic rings. The Balaban J connectivity index is 1.65. The first-order chi connectivity index (χ1) is 11.7. The Kier molecular flexibility index (Phi) is 5.15. The van der Waals surface area contributed by atoms with Crippen molar-refractivity contribution in [3.8, 4) is 11.5 Å². The highest BCUT2D eigenvalue weighted by atomic mass is 32.2. The molecule has 2 aromatic carbocycles. The molecule has 6 heteroatoms. The van der Waals surface area contributed by atoms with Gasteiger partial charge in [-0.05, 0) is 55.1 Å². The van der Waals surface area contributed by atoms with Crippen LogP contribution < -0.4 is 14.8 Å². The normalized spacial score (nSPS) is 12.1. The molecule has 0 aliphatic carbocycles. The number of thioether (sulfide) groups is 1. The van der Waals surface area contributed by atoms with Crippen molar-refractivity contribution in [3.63, 3.8) is 0 Å². The summed E-state index contributed by atoms with van der Waals surface area (Å²) in [6.07, 6.45) is 2.03. The van der Waals surface area contributed by atoms with Crippen LogP contribution in [0, 0.1) is 0 Å². The summed E-state index contributed by atoms with van der Waals surface area (Å²) in [5, 5.41) is 2.94. The Hall–Kier alpha value is -2.34. The van der Waals surface area contributed by atoms with Crippen LogP contribution in [-0.4, -0.2) is 30.5 Å². The molecule has 0 saturated heterocycles. The monoisotopic (exact) mass is 344 g/mol. The van der Waals surface area contributed by atoms with Gasteiger partial charge in [0.15, 0.2) is 11.5 Å². The minimum absolute atomic E-state index is 0.118. The third-order valence-electron chi connectivity index (χ3n) is 3.82. The number of anilines is 1. The van der Waals surface area contributed by atoms with Crippen LogP contribution >= 0.6 is 11.8 Å². The summed E-state index contributed by atoms with van der Waals surface area (Å²) in [7, 11) is 0. The predicted molar refractivity (Wildman–Crippen MR) is 95.9 cm³/mol. The maximum Gasteiger partial charge on any atom is 0.322 e. The molecule has 126 valence electrons. The molecule has 0 saturated carbocycles. The van der Waals surface area contributed by atoms with Crippen LogP contribution in [0.1, 0.15) is 12.5 Å². The van der Waals surface area contributed by atoms with Gasteiger partial charge in [0.25, 0.3) is 0 Å². The average Bonchev–Trinajstić information content (AvgIpc) is 3.08. The Bertz CT molecular complexity index is 719. The molecule has 0 unspecified atom stereocenters. The minimum Gasteiger partial charge on any atom is -0.454 e. The first kappa shape index (κ1) is 16.5. The first-order valence-electron chi connectivity index (χ1n) is 7.78. The number of nitrogens with zero attached hydrogens (tertiary/aromatic N) is 1. The zero-order valence-electron chi connectivity index (χ0n) is 13.7. The van der Waals surface area contributed by atoms with Crippen molar-refractivity contribution >= 4 is 23.5 Å². The van der Waals surface area contributed by atoms with Gasteiger partial charge in [-0.2, -0.15) is 0 Å². The number of hydrogen-bond donors (Lipinski definition) is 1. The highest BCUT2D eigenvalue weighted by Crippen LogP contribution is 2.32. The van der Waals surface area contributed by atoms with Gasteiger partial charge in [0.05, 0.1) is 0 Å². The number of hydrogen-bond acceptors (Lipinski definition) is 4. The van der Waals surface area contributed by atoms with E-state index < -0.39 is 0 Å². The Morgan fingerprint density at radius 3 is 2.62 bits per heavy atom. The van der Waals surface area contributed by atoms with E-state index in [0.717, 1.165) is 22.7 Å². The smallest absolute Gasteiger partial charge is 0.322 e. The number of rotatable bonds is 5. The van der Waals surface area contributed by atoms with Crippen molar-refractivity contribution in [1.82, 2.24) is 4.90 Å². The lowest BCUT2D eigenvalue weighted by Gasteiger charge is -2.21. The standard InChI is InChI=1S/C18H20N2O3S/c1-3-20(11-13-4-9-16-17(10-13)23-12-22-16)18(21)19-14-5-7-15(24-2)8-6-14/h4-10H,3,11-12H2,1-2H3,(H,19,21). The van der Waals surface area contributed by atoms with Gasteiger partial charge in [-0.25, -0.2) is 4.79 Å². The topological polar surface area (TPSA) is 50.8 Å². The third-order valence-corrected chi connectivity index (χ3v) is 4.56. The van der Waals surface area contributed by atoms with Crippen LogP contribution in [0.5, 0.6) is 11.5 Å². The van der Waals surface area contributed by atoms with Crippen LogP contribution in [-0.2, 0) is 6.54 Å². The summed E-state index contributed by atoms with van der Waals surface area (Å²) < 4.78 is 10.7. The number of carbonyl (C=O) groups excluding carboxylic acids is 1. The second-order valence-electron chi connectivity index (χ2n) is 5.36. The zero-order valence-corrected chi connectivity index (χ0v) is 14.6. The van der Waals surface area contributed by atoms with Crippen LogP contribution in [0.15, 0.2) is 47.4 Å². The Morgan fingerprint density at radius 1 is 1.17 bits per heavy atom. The molecule has 0 bridgehead atoms. The highest BCUT2D eigenvalue weighted by Gasteiger charge is 2.16. The molecular formula is C18H20N2O3S. The van der Waals surface area contributed by atoms with Gasteiger partial charge in [0.1, 0.15) is 0 Å². The average molecular weight is 344 g/mol. The molecule has 1 N–H and O–H groups in total. The van der Waals surface area contributed by atoms with Gasteiger partial charge in [0, 0.05) is 23.7 Å². The number of fused-ring (bicyclic) bond motifs is 1. The fraction of sp³-hybridized carbons (Fsp3) is 0.278. The quantitative estimate of drug-likeness (QED) is 0.826. The number of carbonyl (C=O) groups is 1. The number of benzene rings is 2. The van der Waals surface area contributed by atoms with Gasteiger partial charge >= 0.3 is 6.03 Å². The van der Waals surface area contributed by atoms with Crippen LogP contribution in [0.4, 0.5) is 10.5 Å². The molecule has 2 amide bonds. The minimum atomic E-state index is -0.118. The first-order valence-corrected chi connectivity index (χ1v) is 9.00. The molecule has 0 spiro atoms. The van der Waals surface area contributed by atoms with E-state index in [1.54, 1.807) is 16.7 Å². The number of urea groups is 1. The summed E-state index contributed by atoms with van der Waals surface area (Å²) in [5.74, 6) is 1.48. The molecule has 0 radical (unpaired) electrons. The third kappa shape index (κ3) is 3.76. The largest absolute Gasteiger partial charge is 0.454 e. The molecule has 1 heterocycles. The van der Waals surface area contributed by atoms with E-state index in [1.165, 1.54) is 4.90 Å². The molecule has 0 fully saturated rings. The van der Waals surface area contributed by atoms with Crippen molar-refractivity contribution in [1.29, 1.82) is 0 Å². The molecule has 24 heavy (non-hydrogen) atoms. The van der Waals surface area contributed by atoms with E-state index in [0.29, 0.717) is 13.1 Å². The van der Waals surface area contributed by atoms with Crippen LogP contribution in [0.25, 0.3) is 0 Å². The van der Waals surface area contributed by atoms with Gasteiger partial charge in [-0.1, -0.05) is 6.07 Å². The summed E-state index contributed by atoms with van der Waals surface area (Å²) in [6, 6.07) is 13.5. The van der Waals surface area contributed by atoms with E-state index in [4.69, 9.17) is 9.47 Å². The fourth-order valence-corrected chi connectivity index (χ4v) is 2.87. The van der Waals surface area contributed by atoms with Crippen LogP contribution in [0.3, 0.4) is 0 Å². The summed E-state index contributed by atoms with van der Waals surface area (Å²) in [4.78, 5) is 15.4. The zero-order chi connectivity index (χ0) is 16.9. The lowest BCUT2D eigenvalue weighted by molar-refractivity contribution is 0.174. The van der Waals surface area contributed by atoms with Crippen molar-refractivity contribution < 1.29 is 14.3 Å². The second kappa shape index (κ2) is 7.49. The van der Waals surface area contributed by atoms with Crippen molar-refractivity contribution in [2.75, 3.05) is 24.9 Å². The summed E-state index contributed by atoms with van der Waals surface area (Å²) in [6.45, 7) is 3.34. The summed E-state index contributed by atoms with van der Waals surface area (Å²) >= 11 is 1.67. The van der Waals surface area contributed by atoms with Gasteiger partial charge in [0.2, 0.25) is 6.79 Å². The number of nitrogens with one attached hydrogen (secondary N) is 1. The molecule has 1 aliphatic heterocycles. The van der Waals surface area contributed by atoms with E-state index in [-0.39, 0.29) is 12.8 Å². The van der Waals surface area contributed by atoms with E-state index in [9.17, 15) is 4.79 Å². The molecule has 0 atom stereocenters. The van der Waals surface area contributed by atoms with Crippen molar-refractivity contribution in [2.24, 2.45) is 0 Å². The van der Waals surface area contributed by atoms with Gasteiger partial charge < -0.3 is 19.7 Å². The fourth-order valence-electron chi connectivity index (χ4n) is 2.46. The van der Waals surface area contributed by atoms with Gasteiger partial charge in [-0.15, -0.1) is 11.8 Å². The summed E-state index contributed by atoms with van der Waals surface area (Å²) in [5.41, 5.74) is 1.80. The van der Waals surface area contributed by atoms with E-state index in [1.807, 2.05) is 55.6 Å². The maximum atomic E-state index is 12.5. The molecule has 1 aliphatic rings. The molecule has 3 rings (SSSR count). The van der Waals surface area contributed by atoms with E-state index in [2.05, 4.69) is 5.32 Å². The number of amides is 2. The SMILES string of the molecule is CCN(Cc1ccc2c(c1)OCO2)C(=O)Nc1ccc(SC)cc1. The van der Waals surface area contributed by atoms with Crippen LogP contribution in [0.2, 0.25) is 0 Å². The van der Waals surface area contributed by atoms with Crippen molar-refractivity contribution in [3.05, 3.63) is 48.0 Å².